The summed E-state index contributed by atoms with van der Waals surface area (Å²) >= 11 is 0. The van der Waals surface area contributed by atoms with E-state index in [-0.39, 0.29) is 16.8 Å². The molecule has 1 amide bonds. The molecule has 0 atom stereocenters. The monoisotopic (exact) mass is 344 g/mol. The van der Waals surface area contributed by atoms with E-state index in [1.165, 1.54) is 6.92 Å². The number of nitrogens with zero attached hydrogens (tertiary/aromatic N) is 4. The zero-order valence-corrected chi connectivity index (χ0v) is 13.7. The Labute approximate surface area is 143 Å². The average molecular weight is 344 g/mol. The molecular formula is C17H17FN4O3. The van der Waals surface area contributed by atoms with Gasteiger partial charge in [0.1, 0.15) is 11.6 Å². The van der Waals surface area contributed by atoms with Gasteiger partial charge in [0.05, 0.1) is 10.5 Å². The van der Waals surface area contributed by atoms with Crippen LogP contribution in [0.4, 0.5) is 15.9 Å². The molecule has 0 aliphatic carbocycles. The van der Waals surface area contributed by atoms with Gasteiger partial charge in [0.15, 0.2) is 0 Å². The Morgan fingerprint density at radius 1 is 1.24 bits per heavy atom. The molecule has 0 saturated carbocycles. The van der Waals surface area contributed by atoms with E-state index in [4.69, 9.17) is 0 Å². The van der Waals surface area contributed by atoms with Crippen LogP contribution in [0.3, 0.4) is 0 Å². The Balaban J connectivity index is 1.74. The lowest BCUT2D eigenvalue weighted by atomic mass is 10.1. The summed E-state index contributed by atoms with van der Waals surface area (Å²) in [5, 5.41) is 11.0. The molecule has 1 aromatic heterocycles. The minimum Gasteiger partial charge on any atom is -0.353 e. The highest BCUT2D eigenvalue weighted by Gasteiger charge is 2.26. The van der Waals surface area contributed by atoms with Crippen molar-refractivity contribution in [3.63, 3.8) is 0 Å². The van der Waals surface area contributed by atoms with E-state index in [0.29, 0.717) is 26.2 Å². The maximum atomic E-state index is 13.9. The molecule has 25 heavy (non-hydrogen) atoms. The zero-order chi connectivity index (χ0) is 18.0. The van der Waals surface area contributed by atoms with Gasteiger partial charge in [-0.15, -0.1) is 0 Å². The first-order valence-corrected chi connectivity index (χ1v) is 7.87. The van der Waals surface area contributed by atoms with Crippen molar-refractivity contribution in [2.24, 2.45) is 0 Å². The van der Waals surface area contributed by atoms with Crippen LogP contribution in [-0.2, 0) is 0 Å². The van der Waals surface area contributed by atoms with Crippen LogP contribution in [0.15, 0.2) is 36.5 Å². The molecule has 7 nitrogen and oxygen atoms in total. The first-order valence-electron chi connectivity index (χ1n) is 7.87. The normalized spacial score (nSPS) is 14.5. The van der Waals surface area contributed by atoms with Crippen LogP contribution in [-0.4, -0.2) is 46.9 Å². The Hall–Kier alpha value is -3.03. The zero-order valence-electron chi connectivity index (χ0n) is 13.7. The lowest BCUT2D eigenvalue weighted by Crippen LogP contribution is -2.49. The molecule has 1 aliphatic heterocycles. The number of carbonyl (C=O) groups excluding carboxylic acids is 1. The third-order valence-electron chi connectivity index (χ3n) is 4.30. The molecule has 0 bridgehead atoms. The second kappa shape index (κ2) is 6.84. The minimum atomic E-state index is -0.746. The summed E-state index contributed by atoms with van der Waals surface area (Å²) in [6, 6.07) is 7.84. The molecule has 0 unspecified atom stereocenters. The Morgan fingerprint density at radius 2 is 1.96 bits per heavy atom. The molecule has 2 aromatic rings. The van der Waals surface area contributed by atoms with Gasteiger partial charge in [-0.1, -0.05) is 6.07 Å². The quantitative estimate of drug-likeness (QED) is 0.631. The van der Waals surface area contributed by atoms with E-state index >= 15 is 0 Å². The molecular weight excluding hydrogens is 327 g/mol. The van der Waals surface area contributed by atoms with Crippen molar-refractivity contribution in [1.82, 2.24) is 9.88 Å². The standard InChI is InChI=1S/C17H17FN4O3/c1-12-14(18)10-13(11-15(12)22(24)25)17(23)21-8-6-20(7-9-21)16-4-2-3-5-19-16/h2-5,10-11H,6-9H2,1H3. The summed E-state index contributed by atoms with van der Waals surface area (Å²) < 4.78 is 13.9. The number of anilines is 1. The second-order valence-corrected chi connectivity index (χ2v) is 5.83. The second-order valence-electron chi connectivity index (χ2n) is 5.83. The SMILES string of the molecule is Cc1c(F)cc(C(=O)N2CCN(c3ccccn3)CC2)cc1[N+](=O)[O-]. The largest absolute Gasteiger partial charge is 0.353 e. The number of amides is 1. The van der Waals surface area contributed by atoms with E-state index in [1.807, 2.05) is 18.2 Å². The number of pyridine rings is 1. The van der Waals surface area contributed by atoms with Crippen LogP contribution in [0.1, 0.15) is 15.9 Å². The van der Waals surface area contributed by atoms with Crippen LogP contribution < -0.4 is 4.90 Å². The molecule has 0 radical (unpaired) electrons. The van der Waals surface area contributed by atoms with Gasteiger partial charge in [-0.25, -0.2) is 9.37 Å². The van der Waals surface area contributed by atoms with Crippen LogP contribution in [0.2, 0.25) is 0 Å². The molecule has 130 valence electrons. The molecule has 0 spiro atoms. The van der Waals surface area contributed by atoms with Crippen LogP contribution in [0.25, 0.3) is 0 Å². The van der Waals surface area contributed by atoms with Crippen LogP contribution in [0.5, 0.6) is 0 Å². The summed E-state index contributed by atoms with van der Waals surface area (Å²) in [5.74, 6) is -0.307. The third kappa shape index (κ3) is 3.42. The van der Waals surface area contributed by atoms with Gasteiger partial charge in [0, 0.05) is 44.0 Å². The number of benzene rings is 1. The first kappa shape index (κ1) is 16.8. The summed E-state index contributed by atoms with van der Waals surface area (Å²) in [4.78, 5) is 30.9. The van der Waals surface area contributed by atoms with Crippen molar-refractivity contribution in [1.29, 1.82) is 0 Å². The maximum absolute atomic E-state index is 13.9. The van der Waals surface area contributed by atoms with Gasteiger partial charge in [-0.3, -0.25) is 14.9 Å². The highest BCUT2D eigenvalue weighted by Crippen LogP contribution is 2.24. The van der Waals surface area contributed by atoms with E-state index < -0.39 is 16.6 Å². The number of halogens is 1. The highest BCUT2D eigenvalue weighted by atomic mass is 19.1. The Kier molecular flexibility index (Phi) is 4.60. The van der Waals surface area contributed by atoms with Crippen molar-refractivity contribution < 1.29 is 14.1 Å². The van der Waals surface area contributed by atoms with Crippen molar-refractivity contribution in [2.75, 3.05) is 31.1 Å². The van der Waals surface area contributed by atoms with Gasteiger partial charge < -0.3 is 9.80 Å². The van der Waals surface area contributed by atoms with Crippen molar-refractivity contribution in [2.45, 2.75) is 6.92 Å². The van der Waals surface area contributed by atoms with Crippen molar-refractivity contribution in [3.05, 3.63) is 63.6 Å². The van der Waals surface area contributed by atoms with E-state index in [0.717, 1.165) is 18.0 Å². The highest BCUT2D eigenvalue weighted by molar-refractivity contribution is 5.95. The fourth-order valence-corrected chi connectivity index (χ4v) is 2.84. The summed E-state index contributed by atoms with van der Waals surface area (Å²) in [5.41, 5.74) is -0.446. The van der Waals surface area contributed by atoms with Gasteiger partial charge in [0.25, 0.3) is 11.6 Å². The van der Waals surface area contributed by atoms with E-state index in [1.54, 1.807) is 11.1 Å². The fourth-order valence-electron chi connectivity index (χ4n) is 2.84. The van der Waals surface area contributed by atoms with Gasteiger partial charge >= 0.3 is 0 Å². The summed E-state index contributed by atoms with van der Waals surface area (Å²) in [6.07, 6.45) is 1.71. The molecule has 3 rings (SSSR count). The number of hydrogen-bond acceptors (Lipinski definition) is 5. The number of nitro benzene ring substituents is 1. The van der Waals surface area contributed by atoms with Crippen LogP contribution in [0, 0.1) is 22.9 Å². The lowest BCUT2D eigenvalue weighted by Gasteiger charge is -2.35. The van der Waals surface area contributed by atoms with Crippen molar-refractivity contribution >= 4 is 17.4 Å². The predicted molar refractivity (Wildman–Crippen MR) is 90.1 cm³/mol. The molecule has 1 aliphatic rings. The molecule has 1 saturated heterocycles. The summed E-state index contributed by atoms with van der Waals surface area (Å²) in [6.45, 7) is 3.41. The number of aromatic nitrogens is 1. The lowest BCUT2D eigenvalue weighted by molar-refractivity contribution is -0.385. The van der Waals surface area contributed by atoms with E-state index in [2.05, 4.69) is 9.88 Å². The third-order valence-corrected chi connectivity index (χ3v) is 4.30. The maximum Gasteiger partial charge on any atom is 0.276 e. The smallest absolute Gasteiger partial charge is 0.276 e. The van der Waals surface area contributed by atoms with Gasteiger partial charge in [-0.05, 0) is 25.1 Å². The van der Waals surface area contributed by atoms with E-state index in [9.17, 15) is 19.3 Å². The van der Waals surface area contributed by atoms with Gasteiger partial charge in [0.2, 0.25) is 0 Å². The minimum absolute atomic E-state index is 0.00101. The van der Waals surface area contributed by atoms with Crippen LogP contribution >= 0.6 is 0 Å². The predicted octanol–water partition coefficient (Wildman–Crippen LogP) is 2.40. The molecule has 8 heteroatoms. The first-order chi connectivity index (χ1) is 12.0. The number of nitro groups is 1. The number of piperazine rings is 1. The summed E-state index contributed by atoms with van der Waals surface area (Å²) in [7, 11) is 0. The molecule has 2 heterocycles. The molecule has 0 N–H and O–H groups in total. The number of hydrogen-bond donors (Lipinski definition) is 0. The average Bonchev–Trinajstić information content (AvgIpc) is 2.64. The Bertz CT molecular complexity index is 805. The van der Waals surface area contributed by atoms with Gasteiger partial charge in [-0.2, -0.15) is 0 Å². The van der Waals surface area contributed by atoms with Crippen molar-refractivity contribution in [3.8, 4) is 0 Å². The Morgan fingerprint density at radius 3 is 2.56 bits per heavy atom. The topological polar surface area (TPSA) is 79.6 Å². The number of rotatable bonds is 3. The fraction of sp³-hybridized carbons (Fsp3) is 0.294. The molecule has 1 aromatic carbocycles. The molecule has 1 fully saturated rings. The number of carbonyl (C=O) groups is 1.